The van der Waals surface area contributed by atoms with Crippen LogP contribution in [0.3, 0.4) is 0 Å². The van der Waals surface area contributed by atoms with Crippen LogP contribution in [0.1, 0.15) is 19.3 Å². The quantitative estimate of drug-likeness (QED) is 0.805. The molecule has 0 N–H and O–H groups in total. The Hall–Kier alpha value is -0.910. The van der Waals surface area contributed by atoms with Gasteiger partial charge in [-0.25, -0.2) is 8.42 Å². The summed E-state index contributed by atoms with van der Waals surface area (Å²) in [5.74, 6) is 0. The topological polar surface area (TPSA) is 43.4 Å². The summed E-state index contributed by atoms with van der Waals surface area (Å²) in [7, 11) is -3.39. The summed E-state index contributed by atoms with van der Waals surface area (Å²) in [6, 6.07) is 8.53. The zero-order valence-corrected chi connectivity index (χ0v) is 13.5. The SMILES string of the molecule is C=C(Br)COC1C=C(S(=O)(=O)c2ccccc2)CCC1. The maximum Gasteiger partial charge on any atom is 0.202 e. The Morgan fingerprint density at radius 2 is 2.05 bits per heavy atom. The van der Waals surface area contributed by atoms with Gasteiger partial charge in [-0.3, -0.25) is 0 Å². The van der Waals surface area contributed by atoms with Crippen molar-refractivity contribution in [2.75, 3.05) is 6.61 Å². The van der Waals surface area contributed by atoms with Gasteiger partial charge in [0.15, 0.2) is 0 Å². The third-order valence-electron chi connectivity index (χ3n) is 3.14. The minimum atomic E-state index is -3.39. The van der Waals surface area contributed by atoms with Crippen molar-refractivity contribution in [2.24, 2.45) is 0 Å². The molecule has 1 aliphatic carbocycles. The average molecular weight is 357 g/mol. The highest BCUT2D eigenvalue weighted by Crippen LogP contribution is 2.29. The lowest BCUT2D eigenvalue weighted by atomic mass is 10.1. The highest BCUT2D eigenvalue weighted by Gasteiger charge is 2.25. The van der Waals surface area contributed by atoms with E-state index >= 15 is 0 Å². The van der Waals surface area contributed by atoms with Crippen LogP contribution in [-0.2, 0) is 14.6 Å². The molecule has 1 aromatic carbocycles. The van der Waals surface area contributed by atoms with Crippen LogP contribution >= 0.6 is 15.9 Å². The molecule has 5 heteroatoms. The summed E-state index contributed by atoms with van der Waals surface area (Å²) in [4.78, 5) is 0.803. The van der Waals surface area contributed by atoms with Crippen molar-refractivity contribution < 1.29 is 13.2 Å². The largest absolute Gasteiger partial charge is 0.369 e. The van der Waals surface area contributed by atoms with Crippen LogP contribution in [0.25, 0.3) is 0 Å². The van der Waals surface area contributed by atoms with Gasteiger partial charge in [-0.05, 0) is 37.5 Å². The number of ether oxygens (including phenoxy) is 1. The van der Waals surface area contributed by atoms with Gasteiger partial charge < -0.3 is 4.74 Å². The number of allylic oxidation sites excluding steroid dienone is 1. The molecule has 0 aliphatic heterocycles. The van der Waals surface area contributed by atoms with E-state index in [1.807, 2.05) is 6.07 Å². The monoisotopic (exact) mass is 356 g/mol. The molecule has 0 saturated carbocycles. The average Bonchev–Trinajstić information content (AvgIpc) is 2.46. The van der Waals surface area contributed by atoms with Gasteiger partial charge in [0.2, 0.25) is 9.84 Å². The Morgan fingerprint density at radius 1 is 1.35 bits per heavy atom. The fourth-order valence-corrected chi connectivity index (χ4v) is 3.85. The Morgan fingerprint density at radius 3 is 2.70 bits per heavy atom. The van der Waals surface area contributed by atoms with Crippen LogP contribution in [0, 0.1) is 0 Å². The van der Waals surface area contributed by atoms with Crippen LogP contribution in [0.2, 0.25) is 0 Å². The summed E-state index contributed by atoms with van der Waals surface area (Å²) in [6.07, 6.45) is 3.81. The predicted molar refractivity (Wildman–Crippen MR) is 83.4 cm³/mol. The third kappa shape index (κ3) is 3.81. The molecule has 0 spiro atoms. The highest BCUT2D eigenvalue weighted by atomic mass is 79.9. The molecule has 1 atom stereocenters. The number of rotatable bonds is 5. The van der Waals surface area contributed by atoms with E-state index in [0.29, 0.717) is 22.8 Å². The van der Waals surface area contributed by atoms with E-state index in [1.54, 1.807) is 30.3 Å². The summed E-state index contributed by atoms with van der Waals surface area (Å²) in [6.45, 7) is 4.10. The maximum absolute atomic E-state index is 12.5. The van der Waals surface area contributed by atoms with Crippen molar-refractivity contribution in [3.8, 4) is 0 Å². The van der Waals surface area contributed by atoms with Gasteiger partial charge in [0.05, 0.1) is 17.6 Å². The minimum Gasteiger partial charge on any atom is -0.369 e. The number of halogens is 1. The van der Waals surface area contributed by atoms with E-state index < -0.39 is 9.84 Å². The first-order chi connectivity index (χ1) is 9.50. The molecular formula is C15H17BrO3S. The normalized spacial score (nSPS) is 19.4. The third-order valence-corrected chi connectivity index (χ3v) is 5.29. The van der Waals surface area contributed by atoms with Gasteiger partial charge in [-0.2, -0.15) is 0 Å². The molecule has 2 rings (SSSR count). The number of sulfone groups is 1. The Bertz CT molecular complexity index is 605. The van der Waals surface area contributed by atoms with Crippen LogP contribution in [0.15, 0.2) is 57.3 Å². The molecule has 0 bridgehead atoms. The van der Waals surface area contributed by atoms with E-state index in [-0.39, 0.29) is 6.10 Å². The van der Waals surface area contributed by atoms with Crippen LogP contribution in [0.4, 0.5) is 0 Å². The lowest BCUT2D eigenvalue weighted by Crippen LogP contribution is -2.18. The summed E-state index contributed by atoms with van der Waals surface area (Å²) in [5.41, 5.74) is 0. The van der Waals surface area contributed by atoms with Crippen LogP contribution in [0.5, 0.6) is 0 Å². The predicted octanol–water partition coefficient (Wildman–Crippen LogP) is 3.82. The van der Waals surface area contributed by atoms with Crippen LogP contribution in [-0.4, -0.2) is 21.1 Å². The summed E-state index contributed by atoms with van der Waals surface area (Å²) in [5, 5.41) is 0. The van der Waals surface area contributed by atoms with Gasteiger partial charge in [0.25, 0.3) is 0 Å². The first kappa shape index (κ1) is 15.5. The molecule has 0 amide bonds. The fourth-order valence-electron chi connectivity index (χ4n) is 2.16. The van der Waals surface area contributed by atoms with Crippen molar-refractivity contribution >= 4 is 25.8 Å². The smallest absolute Gasteiger partial charge is 0.202 e. The van der Waals surface area contributed by atoms with Crippen molar-refractivity contribution in [1.82, 2.24) is 0 Å². The minimum absolute atomic E-state index is 0.161. The lowest BCUT2D eigenvalue weighted by Gasteiger charge is -2.21. The van der Waals surface area contributed by atoms with Crippen molar-refractivity contribution in [1.29, 1.82) is 0 Å². The number of hydrogen-bond acceptors (Lipinski definition) is 3. The van der Waals surface area contributed by atoms with E-state index in [9.17, 15) is 8.42 Å². The summed E-state index contributed by atoms with van der Waals surface area (Å²) < 4.78 is 31.4. The van der Waals surface area contributed by atoms with E-state index in [0.717, 1.165) is 17.3 Å². The van der Waals surface area contributed by atoms with Gasteiger partial charge in [-0.1, -0.05) is 40.7 Å². The Kier molecular flexibility index (Phi) is 5.18. The molecule has 0 heterocycles. The van der Waals surface area contributed by atoms with Crippen molar-refractivity contribution in [2.45, 2.75) is 30.3 Å². The second kappa shape index (κ2) is 6.70. The fraction of sp³-hybridized carbons (Fsp3) is 0.333. The van der Waals surface area contributed by atoms with E-state index in [2.05, 4.69) is 22.5 Å². The molecule has 0 saturated heterocycles. The second-order valence-corrected chi connectivity index (χ2v) is 7.83. The molecule has 0 fully saturated rings. The maximum atomic E-state index is 12.5. The first-order valence-electron chi connectivity index (χ1n) is 6.46. The summed E-state index contributed by atoms with van der Waals surface area (Å²) >= 11 is 3.23. The Labute approximate surface area is 128 Å². The van der Waals surface area contributed by atoms with E-state index in [1.165, 1.54) is 0 Å². The molecule has 108 valence electrons. The highest BCUT2D eigenvalue weighted by molar-refractivity contribution is 9.11. The number of hydrogen-bond donors (Lipinski definition) is 0. The zero-order valence-electron chi connectivity index (χ0n) is 11.1. The lowest BCUT2D eigenvalue weighted by molar-refractivity contribution is 0.0964. The van der Waals surface area contributed by atoms with Gasteiger partial charge >= 0.3 is 0 Å². The Balaban J connectivity index is 2.21. The van der Waals surface area contributed by atoms with Gasteiger partial charge in [0, 0.05) is 9.39 Å². The molecule has 20 heavy (non-hydrogen) atoms. The first-order valence-corrected chi connectivity index (χ1v) is 8.73. The molecular weight excluding hydrogens is 340 g/mol. The molecule has 3 nitrogen and oxygen atoms in total. The van der Waals surface area contributed by atoms with Gasteiger partial charge in [-0.15, -0.1) is 0 Å². The molecule has 0 aromatic heterocycles. The van der Waals surface area contributed by atoms with Crippen molar-refractivity contribution in [3.05, 3.63) is 52.4 Å². The zero-order chi connectivity index (χ0) is 14.6. The molecule has 0 radical (unpaired) electrons. The van der Waals surface area contributed by atoms with Crippen molar-refractivity contribution in [3.63, 3.8) is 0 Å². The molecule has 1 aromatic rings. The van der Waals surface area contributed by atoms with Crippen LogP contribution < -0.4 is 0 Å². The van der Waals surface area contributed by atoms with Gasteiger partial charge in [0.1, 0.15) is 0 Å². The molecule has 1 unspecified atom stereocenters. The standard InChI is InChI=1S/C15H17BrO3S/c1-12(16)11-19-13-6-5-9-15(10-13)20(17,18)14-7-3-2-4-8-14/h2-4,7-8,10,13H,1,5-6,9,11H2. The van der Waals surface area contributed by atoms with E-state index in [4.69, 9.17) is 4.74 Å². The second-order valence-electron chi connectivity index (χ2n) is 4.71. The molecule has 1 aliphatic rings. The number of benzene rings is 1.